The van der Waals surface area contributed by atoms with Gasteiger partial charge in [0, 0.05) is 29.6 Å². The summed E-state index contributed by atoms with van der Waals surface area (Å²) in [5.41, 5.74) is 5.39. The highest BCUT2D eigenvalue weighted by molar-refractivity contribution is 6.30. The Morgan fingerprint density at radius 1 is 0.879 bits per heavy atom. The maximum atomic E-state index is 6.19. The molecule has 1 aliphatic heterocycles. The van der Waals surface area contributed by atoms with Gasteiger partial charge in [0.25, 0.3) is 0 Å². The third-order valence-corrected chi connectivity index (χ3v) is 6.78. The molecule has 2 aliphatic rings. The first kappa shape index (κ1) is 22.2. The zero-order chi connectivity index (χ0) is 22.7. The maximum absolute atomic E-state index is 6.19. The summed E-state index contributed by atoms with van der Waals surface area (Å²) in [7, 11) is 0. The van der Waals surface area contributed by atoms with Crippen LogP contribution in [0.1, 0.15) is 31.2 Å². The van der Waals surface area contributed by atoms with E-state index in [9.17, 15) is 0 Å². The number of hydrogen-bond donors (Lipinski definition) is 1. The van der Waals surface area contributed by atoms with Crippen LogP contribution < -0.4 is 5.32 Å². The molecule has 0 aromatic heterocycles. The topological polar surface area (TPSA) is 39.7 Å². The van der Waals surface area contributed by atoms with Crippen LogP contribution in [0.2, 0.25) is 5.02 Å². The molecule has 4 nitrogen and oxygen atoms in total. The zero-order valence-corrected chi connectivity index (χ0v) is 19.3. The molecule has 1 heterocycles. The minimum atomic E-state index is -0.661. The normalized spacial score (nSPS) is 25.0. The molecule has 3 aromatic rings. The number of nitrogens with one attached hydrogen (secondary N) is 1. The lowest BCUT2D eigenvalue weighted by Gasteiger charge is -2.43. The van der Waals surface area contributed by atoms with E-state index in [-0.39, 0.29) is 6.10 Å². The van der Waals surface area contributed by atoms with Gasteiger partial charge in [-0.15, -0.1) is 0 Å². The van der Waals surface area contributed by atoms with Crippen LogP contribution >= 0.6 is 11.6 Å². The standard InChI is InChI=1S/C28H28ClNO3/c1-20(21-7-11-24(29)12-8-21)27-19-31-28(33-32-27)17-15-26(16-18-28)30-25-13-9-23(10-14-25)22-5-3-2-4-6-22/h2-14,26-27,30H,1,15-19H2. The van der Waals surface area contributed by atoms with Crippen LogP contribution in [0, 0.1) is 0 Å². The van der Waals surface area contributed by atoms with Crippen molar-refractivity contribution in [3.8, 4) is 11.1 Å². The summed E-state index contributed by atoms with van der Waals surface area (Å²) in [4.78, 5) is 11.6. The van der Waals surface area contributed by atoms with E-state index in [4.69, 9.17) is 26.1 Å². The van der Waals surface area contributed by atoms with Crippen molar-refractivity contribution in [2.75, 3.05) is 11.9 Å². The number of halogens is 1. The molecule has 1 atom stereocenters. The molecule has 3 aromatic carbocycles. The lowest BCUT2D eigenvalue weighted by atomic mass is 9.89. The maximum Gasteiger partial charge on any atom is 0.201 e. The molecule has 1 N–H and O–H groups in total. The average Bonchev–Trinajstić information content (AvgIpc) is 2.87. The van der Waals surface area contributed by atoms with Gasteiger partial charge in [0.15, 0.2) is 0 Å². The minimum Gasteiger partial charge on any atom is -0.382 e. The third-order valence-electron chi connectivity index (χ3n) is 6.53. The Hall–Kier alpha value is -2.63. The van der Waals surface area contributed by atoms with Crippen molar-refractivity contribution in [1.82, 2.24) is 0 Å². The highest BCUT2D eigenvalue weighted by Crippen LogP contribution is 2.39. The smallest absolute Gasteiger partial charge is 0.201 e. The number of anilines is 1. The summed E-state index contributed by atoms with van der Waals surface area (Å²) in [6, 6.07) is 27.0. The molecule has 1 aliphatic carbocycles. The van der Waals surface area contributed by atoms with E-state index in [1.54, 1.807) is 0 Å². The fourth-order valence-electron chi connectivity index (χ4n) is 4.49. The van der Waals surface area contributed by atoms with Crippen LogP contribution in [0.15, 0.2) is 85.4 Å². The summed E-state index contributed by atoms with van der Waals surface area (Å²) < 4.78 is 6.19. The summed E-state index contributed by atoms with van der Waals surface area (Å²) in [6.07, 6.45) is 3.15. The second-order valence-electron chi connectivity index (χ2n) is 8.78. The van der Waals surface area contributed by atoms with Crippen LogP contribution in [0.5, 0.6) is 0 Å². The first-order chi connectivity index (χ1) is 16.1. The van der Waals surface area contributed by atoms with Gasteiger partial charge in [-0.2, -0.15) is 0 Å². The SMILES string of the molecule is C=C(c1ccc(Cl)cc1)C1COC2(CCC(Nc3ccc(-c4ccccc4)cc3)CC2)OO1. The molecule has 0 amide bonds. The van der Waals surface area contributed by atoms with Crippen LogP contribution in [0.3, 0.4) is 0 Å². The first-order valence-electron chi connectivity index (χ1n) is 11.5. The molecule has 0 radical (unpaired) electrons. The van der Waals surface area contributed by atoms with Gasteiger partial charge in [-0.1, -0.05) is 72.8 Å². The lowest BCUT2D eigenvalue weighted by molar-refractivity contribution is -0.483. The summed E-state index contributed by atoms with van der Waals surface area (Å²) >= 11 is 5.98. The molecule has 1 saturated carbocycles. The quantitative estimate of drug-likeness (QED) is 0.410. The second-order valence-corrected chi connectivity index (χ2v) is 9.22. The second kappa shape index (κ2) is 9.70. The van der Waals surface area contributed by atoms with Gasteiger partial charge < -0.3 is 10.1 Å². The number of rotatable bonds is 5. The van der Waals surface area contributed by atoms with Crippen molar-refractivity contribution in [2.45, 2.75) is 43.6 Å². The van der Waals surface area contributed by atoms with Crippen LogP contribution in [0.4, 0.5) is 5.69 Å². The van der Waals surface area contributed by atoms with Gasteiger partial charge >= 0.3 is 0 Å². The third kappa shape index (κ3) is 5.15. The van der Waals surface area contributed by atoms with Crippen molar-refractivity contribution in [2.24, 2.45) is 0 Å². The Balaban J connectivity index is 1.12. The van der Waals surface area contributed by atoms with Crippen molar-refractivity contribution < 1.29 is 14.5 Å². The molecular formula is C28H28ClNO3. The van der Waals surface area contributed by atoms with E-state index >= 15 is 0 Å². The summed E-state index contributed by atoms with van der Waals surface area (Å²) in [5.74, 6) is -0.661. The fraction of sp³-hybridized carbons (Fsp3) is 0.286. The molecule has 1 unspecified atom stereocenters. The van der Waals surface area contributed by atoms with Crippen molar-refractivity contribution in [3.05, 3.63) is 96.0 Å². The summed E-state index contributed by atoms with van der Waals surface area (Å²) in [5, 5.41) is 4.35. The van der Waals surface area contributed by atoms with Crippen LogP contribution in [0.25, 0.3) is 16.7 Å². The number of hydrogen-bond acceptors (Lipinski definition) is 4. The minimum absolute atomic E-state index is 0.323. The molecule has 5 heteroatoms. The van der Waals surface area contributed by atoms with Crippen molar-refractivity contribution in [1.29, 1.82) is 0 Å². The molecule has 0 bridgehead atoms. The monoisotopic (exact) mass is 461 g/mol. The van der Waals surface area contributed by atoms with Crippen LogP contribution in [-0.4, -0.2) is 24.5 Å². The molecule has 170 valence electrons. The Bertz CT molecular complexity index is 1060. The van der Waals surface area contributed by atoms with E-state index in [1.165, 1.54) is 11.1 Å². The average molecular weight is 462 g/mol. The van der Waals surface area contributed by atoms with E-state index in [1.807, 2.05) is 30.3 Å². The molecule has 2 fully saturated rings. The highest BCUT2D eigenvalue weighted by atomic mass is 35.5. The lowest BCUT2D eigenvalue weighted by Crippen LogP contribution is -2.49. The van der Waals surface area contributed by atoms with E-state index in [2.05, 4.69) is 60.4 Å². The predicted octanol–water partition coefficient (Wildman–Crippen LogP) is 7.12. The largest absolute Gasteiger partial charge is 0.382 e. The highest BCUT2D eigenvalue weighted by Gasteiger charge is 2.43. The van der Waals surface area contributed by atoms with Gasteiger partial charge in [-0.05, 0) is 59.4 Å². The van der Waals surface area contributed by atoms with E-state index in [0.29, 0.717) is 17.7 Å². The van der Waals surface area contributed by atoms with E-state index < -0.39 is 5.79 Å². The van der Waals surface area contributed by atoms with Crippen molar-refractivity contribution >= 4 is 22.9 Å². The number of ether oxygens (including phenoxy) is 1. The number of benzene rings is 3. The molecular weight excluding hydrogens is 434 g/mol. The Labute approximate surface area is 200 Å². The molecule has 1 spiro atoms. The van der Waals surface area contributed by atoms with Gasteiger partial charge in [-0.3, -0.25) is 0 Å². The first-order valence-corrected chi connectivity index (χ1v) is 11.8. The zero-order valence-electron chi connectivity index (χ0n) is 18.5. The van der Waals surface area contributed by atoms with Gasteiger partial charge in [0.2, 0.25) is 5.79 Å². The van der Waals surface area contributed by atoms with Gasteiger partial charge in [-0.25, -0.2) is 9.78 Å². The van der Waals surface area contributed by atoms with Crippen molar-refractivity contribution in [3.63, 3.8) is 0 Å². The fourth-order valence-corrected chi connectivity index (χ4v) is 4.61. The Kier molecular flexibility index (Phi) is 6.52. The summed E-state index contributed by atoms with van der Waals surface area (Å²) in [6.45, 7) is 4.59. The molecule has 5 rings (SSSR count). The Morgan fingerprint density at radius 2 is 1.55 bits per heavy atom. The van der Waals surface area contributed by atoms with E-state index in [0.717, 1.165) is 42.5 Å². The van der Waals surface area contributed by atoms with Crippen LogP contribution in [-0.2, 0) is 14.5 Å². The Morgan fingerprint density at radius 3 is 2.18 bits per heavy atom. The molecule has 33 heavy (non-hydrogen) atoms. The predicted molar refractivity (Wildman–Crippen MR) is 133 cm³/mol. The van der Waals surface area contributed by atoms with Gasteiger partial charge in [0.05, 0.1) is 6.61 Å². The van der Waals surface area contributed by atoms with Gasteiger partial charge in [0.1, 0.15) is 6.10 Å². The molecule has 1 saturated heterocycles.